The standard InChI is InChI=1S/C23H19ClN2O2S2/c1-28-17-10-12-18(13-11-17)29-15-21(27)26(14-16-6-3-2-4-7-16)23-25-22-19(24)8-5-9-20(22)30-23/h2-13H,14-15H2,1H3. The van der Waals surface area contributed by atoms with Crippen molar-refractivity contribution in [2.24, 2.45) is 0 Å². The average molecular weight is 455 g/mol. The minimum atomic E-state index is -0.00477. The zero-order chi connectivity index (χ0) is 20.9. The molecule has 0 aliphatic carbocycles. The second-order valence-electron chi connectivity index (χ2n) is 6.51. The fourth-order valence-electron chi connectivity index (χ4n) is 2.94. The lowest BCUT2D eigenvalue weighted by atomic mass is 10.2. The summed E-state index contributed by atoms with van der Waals surface area (Å²) in [6.45, 7) is 0.459. The molecule has 0 spiro atoms. The number of carbonyl (C=O) groups excluding carboxylic acids is 1. The molecule has 0 aliphatic heterocycles. The van der Waals surface area contributed by atoms with E-state index in [1.54, 1.807) is 12.0 Å². The van der Waals surface area contributed by atoms with Crippen LogP contribution in [0.4, 0.5) is 5.13 Å². The van der Waals surface area contributed by atoms with E-state index in [0.29, 0.717) is 22.5 Å². The lowest BCUT2D eigenvalue weighted by molar-refractivity contribution is -0.116. The average Bonchev–Trinajstić information content (AvgIpc) is 3.22. The molecule has 4 nitrogen and oxygen atoms in total. The fourth-order valence-corrected chi connectivity index (χ4v) is 5.00. The van der Waals surface area contributed by atoms with Crippen LogP contribution in [0.15, 0.2) is 77.7 Å². The van der Waals surface area contributed by atoms with Crippen molar-refractivity contribution in [3.63, 3.8) is 0 Å². The molecule has 0 radical (unpaired) electrons. The Bertz CT molecular complexity index is 1150. The molecule has 4 rings (SSSR count). The van der Waals surface area contributed by atoms with Crippen molar-refractivity contribution in [3.05, 3.63) is 83.4 Å². The molecule has 4 aromatic rings. The molecular weight excluding hydrogens is 436 g/mol. The number of benzene rings is 3. The Hall–Kier alpha value is -2.54. The Morgan fingerprint density at radius 2 is 1.83 bits per heavy atom. The molecule has 1 amide bonds. The van der Waals surface area contributed by atoms with Gasteiger partial charge in [0.1, 0.15) is 11.3 Å². The highest BCUT2D eigenvalue weighted by Crippen LogP contribution is 2.34. The maximum absolute atomic E-state index is 13.2. The summed E-state index contributed by atoms with van der Waals surface area (Å²) < 4.78 is 6.16. The quantitative estimate of drug-likeness (QED) is 0.308. The van der Waals surface area contributed by atoms with E-state index in [1.807, 2.05) is 72.8 Å². The monoisotopic (exact) mass is 454 g/mol. The van der Waals surface area contributed by atoms with E-state index in [2.05, 4.69) is 4.98 Å². The number of thiazole rings is 1. The summed E-state index contributed by atoms with van der Waals surface area (Å²) in [5, 5.41) is 1.25. The molecule has 7 heteroatoms. The number of carbonyl (C=O) groups is 1. The van der Waals surface area contributed by atoms with Gasteiger partial charge >= 0.3 is 0 Å². The first-order valence-corrected chi connectivity index (χ1v) is 11.5. The van der Waals surface area contributed by atoms with Gasteiger partial charge in [-0.2, -0.15) is 0 Å². The van der Waals surface area contributed by atoms with Gasteiger partial charge in [-0.3, -0.25) is 9.69 Å². The van der Waals surface area contributed by atoms with E-state index in [0.717, 1.165) is 26.4 Å². The molecule has 0 saturated heterocycles. The first kappa shape index (κ1) is 20.7. The molecule has 0 saturated carbocycles. The number of anilines is 1. The summed E-state index contributed by atoms with van der Waals surface area (Å²) in [7, 11) is 1.64. The number of hydrogen-bond donors (Lipinski definition) is 0. The third-order valence-corrected chi connectivity index (χ3v) is 6.84. The maximum atomic E-state index is 13.2. The summed E-state index contributed by atoms with van der Waals surface area (Å²) in [6, 6.07) is 23.3. The zero-order valence-corrected chi connectivity index (χ0v) is 18.6. The highest BCUT2D eigenvalue weighted by molar-refractivity contribution is 8.00. The highest BCUT2D eigenvalue weighted by atomic mass is 35.5. The number of halogens is 1. The fraction of sp³-hybridized carbons (Fsp3) is 0.130. The smallest absolute Gasteiger partial charge is 0.239 e. The van der Waals surface area contributed by atoms with Gasteiger partial charge in [-0.15, -0.1) is 11.8 Å². The van der Waals surface area contributed by atoms with Crippen molar-refractivity contribution in [1.82, 2.24) is 4.98 Å². The third kappa shape index (κ3) is 4.78. The number of amides is 1. The molecular formula is C23H19ClN2O2S2. The molecule has 0 atom stereocenters. The molecule has 1 aromatic heterocycles. The van der Waals surface area contributed by atoms with E-state index in [9.17, 15) is 4.79 Å². The number of nitrogens with zero attached hydrogens (tertiary/aromatic N) is 2. The molecule has 0 fully saturated rings. The van der Waals surface area contributed by atoms with Crippen molar-refractivity contribution in [3.8, 4) is 5.75 Å². The van der Waals surface area contributed by atoms with Crippen molar-refractivity contribution >= 4 is 56.0 Å². The first-order valence-electron chi connectivity index (χ1n) is 9.30. The van der Waals surface area contributed by atoms with Crippen LogP contribution in [0.25, 0.3) is 10.2 Å². The van der Waals surface area contributed by atoms with Crippen LogP contribution in [0.2, 0.25) is 5.02 Å². The van der Waals surface area contributed by atoms with Gasteiger partial charge < -0.3 is 4.74 Å². The van der Waals surface area contributed by atoms with E-state index < -0.39 is 0 Å². The van der Waals surface area contributed by atoms with Gasteiger partial charge in [0.05, 0.1) is 29.1 Å². The number of thioether (sulfide) groups is 1. The largest absolute Gasteiger partial charge is 0.497 e. The molecule has 30 heavy (non-hydrogen) atoms. The van der Waals surface area contributed by atoms with E-state index >= 15 is 0 Å². The lowest BCUT2D eigenvalue weighted by Gasteiger charge is -2.20. The van der Waals surface area contributed by atoms with Crippen LogP contribution < -0.4 is 9.64 Å². The minimum absolute atomic E-state index is 0.00477. The summed E-state index contributed by atoms with van der Waals surface area (Å²) in [5.41, 5.74) is 1.78. The van der Waals surface area contributed by atoms with Gasteiger partial charge in [0.2, 0.25) is 5.91 Å². The van der Waals surface area contributed by atoms with Crippen molar-refractivity contribution in [2.75, 3.05) is 17.8 Å². The maximum Gasteiger partial charge on any atom is 0.239 e. The molecule has 152 valence electrons. The number of rotatable bonds is 7. The lowest BCUT2D eigenvalue weighted by Crippen LogP contribution is -2.31. The molecule has 0 N–H and O–H groups in total. The number of methoxy groups -OCH3 is 1. The number of ether oxygens (including phenoxy) is 1. The Balaban J connectivity index is 1.58. The molecule has 0 aliphatic rings. The Morgan fingerprint density at radius 1 is 1.07 bits per heavy atom. The SMILES string of the molecule is COc1ccc(SCC(=O)N(Cc2ccccc2)c2nc3c(Cl)cccc3s2)cc1. The van der Waals surface area contributed by atoms with Crippen LogP contribution in [0.1, 0.15) is 5.56 Å². The van der Waals surface area contributed by atoms with Crippen molar-refractivity contribution in [2.45, 2.75) is 11.4 Å². The Labute approximate surface area is 188 Å². The van der Waals surface area contributed by atoms with E-state index in [-0.39, 0.29) is 5.91 Å². The molecule has 0 unspecified atom stereocenters. The second kappa shape index (κ2) is 9.51. The van der Waals surface area contributed by atoms with E-state index in [1.165, 1.54) is 23.1 Å². The first-order chi connectivity index (χ1) is 14.6. The van der Waals surface area contributed by atoms with Gasteiger partial charge in [0.15, 0.2) is 5.13 Å². The summed E-state index contributed by atoms with van der Waals surface area (Å²) in [6.07, 6.45) is 0. The summed E-state index contributed by atoms with van der Waals surface area (Å²) >= 11 is 9.28. The van der Waals surface area contributed by atoms with Crippen LogP contribution in [0.3, 0.4) is 0 Å². The minimum Gasteiger partial charge on any atom is -0.497 e. The number of aromatic nitrogens is 1. The topological polar surface area (TPSA) is 42.4 Å². The van der Waals surface area contributed by atoms with Gasteiger partial charge in [-0.25, -0.2) is 4.98 Å². The van der Waals surface area contributed by atoms with Gasteiger partial charge in [-0.05, 0) is 42.0 Å². The summed E-state index contributed by atoms with van der Waals surface area (Å²) in [5.74, 6) is 1.10. The van der Waals surface area contributed by atoms with Crippen LogP contribution >= 0.6 is 34.7 Å². The predicted molar refractivity (Wildman–Crippen MR) is 126 cm³/mol. The number of fused-ring (bicyclic) bond motifs is 1. The summed E-state index contributed by atoms with van der Waals surface area (Å²) in [4.78, 5) is 20.6. The van der Waals surface area contributed by atoms with Crippen molar-refractivity contribution in [1.29, 1.82) is 0 Å². The van der Waals surface area contributed by atoms with Crippen molar-refractivity contribution < 1.29 is 9.53 Å². The van der Waals surface area contributed by atoms with Gasteiger partial charge in [0, 0.05) is 4.90 Å². The van der Waals surface area contributed by atoms with Gasteiger partial charge in [-0.1, -0.05) is 59.3 Å². The van der Waals surface area contributed by atoms with Crippen LogP contribution in [0.5, 0.6) is 5.75 Å². The molecule has 3 aromatic carbocycles. The Morgan fingerprint density at radius 3 is 2.53 bits per heavy atom. The number of hydrogen-bond acceptors (Lipinski definition) is 5. The second-order valence-corrected chi connectivity index (χ2v) is 8.98. The van der Waals surface area contributed by atoms with Gasteiger partial charge in [0.25, 0.3) is 0 Å². The van der Waals surface area contributed by atoms with Crippen LogP contribution in [0, 0.1) is 0 Å². The van der Waals surface area contributed by atoms with Crippen LogP contribution in [-0.2, 0) is 11.3 Å². The Kier molecular flexibility index (Phi) is 6.57. The predicted octanol–water partition coefficient (Wildman–Crippen LogP) is 6.28. The molecule has 1 heterocycles. The highest BCUT2D eigenvalue weighted by Gasteiger charge is 2.21. The van der Waals surface area contributed by atoms with E-state index in [4.69, 9.17) is 16.3 Å². The normalized spacial score (nSPS) is 10.9. The third-order valence-electron chi connectivity index (χ3n) is 4.50. The molecule has 0 bridgehead atoms. The zero-order valence-electron chi connectivity index (χ0n) is 16.2. The van der Waals surface area contributed by atoms with Crippen LogP contribution in [-0.4, -0.2) is 23.8 Å². The number of para-hydroxylation sites is 1.